The van der Waals surface area contributed by atoms with Gasteiger partial charge in [-0.1, -0.05) is 13.8 Å². The van der Waals surface area contributed by atoms with E-state index in [0.717, 1.165) is 39.8 Å². The summed E-state index contributed by atoms with van der Waals surface area (Å²) in [7, 11) is 0. The predicted octanol–water partition coefficient (Wildman–Crippen LogP) is 6.67. The number of alkyl carbamates (subject to hydrolysis) is 1. The van der Waals surface area contributed by atoms with Crippen LogP contribution in [0.2, 0.25) is 0 Å². The molecule has 0 spiro atoms. The molecule has 3 aromatic rings. The molecule has 8 nitrogen and oxygen atoms in total. The van der Waals surface area contributed by atoms with E-state index in [4.69, 9.17) is 9.47 Å². The van der Waals surface area contributed by atoms with Gasteiger partial charge in [0.2, 0.25) is 5.95 Å². The Morgan fingerprint density at radius 1 is 1.11 bits per heavy atom. The van der Waals surface area contributed by atoms with Crippen molar-refractivity contribution in [2.45, 2.75) is 73.0 Å². The Bertz CT molecular complexity index is 1190. The van der Waals surface area contributed by atoms with Gasteiger partial charge in [0.25, 0.3) is 0 Å². The zero-order chi connectivity index (χ0) is 26.5. The number of carbonyl (C=O) groups excluding carboxylic acids is 1. The minimum absolute atomic E-state index is 0.319. The molecule has 2 aromatic heterocycles. The highest BCUT2D eigenvalue weighted by atomic mass is 32.1. The van der Waals surface area contributed by atoms with Crippen LogP contribution in [0.25, 0.3) is 11.3 Å². The Hall–Kier alpha value is -3.20. The van der Waals surface area contributed by atoms with E-state index < -0.39 is 17.2 Å². The molecule has 9 heteroatoms. The summed E-state index contributed by atoms with van der Waals surface area (Å²) in [5.74, 6) is 1.62. The minimum atomic E-state index is -0.580. The number of ether oxygens (including phenoxy) is 2. The van der Waals surface area contributed by atoms with E-state index in [9.17, 15) is 4.79 Å². The fourth-order valence-corrected chi connectivity index (χ4v) is 4.57. The lowest BCUT2D eigenvalue weighted by Gasteiger charge is -2.33. The second-order valence-corrected chi connectivity index (χ2v) is 11.6. The lowest BCUT2D eigenvalue weighted by molar-refractivity contribution is 0.0408. The molecule has 194 valence electrons. The zero-order valence-corrected chi connectivity index (χ0v) is 23.2. The topological polar surface area (TPSA) is 98.3 Å². The number of hydrogen-bond donors (Lipinski definition) is 2. The lowest BCUT2D eigenvalue weighted by atomic mass is 9.91. The van der Waals surface area contributed by atoms with Gasteiger partial charge in [-0.05, 0) is 83.7 Å². The molecule has 0 radical (unpaired) electrons. The van der Waals surface area contributed by atoms with Crippen LogP contribution in [0.5, 0.6) is 5.75 Å². The molecule has 1 unspecified atom stereocenters. The van der Waals surface area contributed by atoms with Crippen molar-refractivity contribution in [3.05, 3.63) is 47.1 Å². The smallest absolute Gasteiger partial charge is 0.408 e. The molecule has 0 saturated carbocycles. The van der Waals surface area contributed by atoms with Gasteiger partial charge in [0.05, 0.1) is 16.9 Å². The number of aryl methyl sites for hydroxylation is 2. The molecule has 0 aliphatic rings. The molecule has 1 atom stereocenters. The van der Waals surface area contributed by atoms with Crippen LogP contribution in [-0.4, -0.2) is 38.8 Å². The summed E-state index contributed by atoms with van der Waals surface area (Å²) in [6.45, 7) is 16.0. The van der Waals surface area contributed by atoms with Crippen molar-refractivity contribution < 1.29 is 14.3 Å². The Balaban J connectivity index is 1.71. The van der Waals surface area contributed by atoms with Gasteiger partial charge in [-0.2, -0.15) is 0 Å². The number of benzene rings is 1. The third-order valence-electron chi connectivity index (χ3n) is 5.17. The Morgan fingerprint density at radius 3 is 2.47 bits per heavy atom. The van der Waals surface area contributed by atoms with E-state index in [1.807, 2.05) is 71.2 Å². The average molecular weight is 512 g/mol. The second-order valence-electron chi connectivity index (χ2n) is 10.7. The van der Waals surface area contributed by atoms with Crippen LogP contribution in [0, 0.1) is 19.8 Å². The zero-order valence-electron chi connectivity index (χ0n) is 22.4. The number of nitrogens with one attached hydrogen (secondary N) is 2. The van der Waals surface area contributed by atoms with Crippen molar-refractivity contribution in [1.29, 1.82) is 0 Å². The summed E-state index contributed by atoms with van der Waals surface area (Å²) in [6, 6.07) is 7.82. The van der Waals surface area contributed by atoms with Gasteiger partial charge < -0.3 is 20.1 Å². The number of carbonyl (C=O) groups is 1. The highest BCUT2D eigenvalue weighted by Gasteiger charge is 2.31. The SMILES string of the molecule is Cc1csc(Nc2nccc(-c3ccc(OCC(C)(CC(C)C)NC(=O)OC(C)(C)C)c(C)c3)n2)n1. The molecule has 1 aromatic carbocycles. The summed E-state index contributed by atoms with van der Waals surface area (Å²) in [5, 5.41) is 8.91. The Morgan fingerprint density at radius 2 is 1.86 bits per heavy atom. The van der Waals surface area contributed by atoms with Gasteiger partial charge in [0.1, 0.15) is 18.0 Å². The second kappa shape index (κ2) is 11.2. The molecule has 2 N–H and O–H groups in total. The van der Waals surface area contributed by atoms with Crippen molar-refractivity contribution in [3.8, 4) is 17.0 Å². The first-order valence-corrected chi connectivity index (χ1v) is 13.0. The normalized spacial score (nSPS) is 13.2. The average Bonchev–Trinajstić information content (AvgIpc) is 3.15. The van der Waals surface area contributed by atoms with Crippen LogP contribution >= 0.6 is 11.3 Å². The molecular formula is C27H37N5O3S. The van der Waals surface area contributed by atoms with Crippen LogP contribution in [-0.2, 0) is 4.74 Å². The van der Waals surface area contributed by atoms with Crippen molar-refractivity contribution in [2.75, 3.05) is 11.9 Å². The van der Waals surface area contributed by atoms with E-state index in [-0.39, 0.29) is 0 Å². The van der Waals surface area contributed by atoms with E-state index >= 15 is 0 Å². The summed E-state index contributed by atoms with van der Waals surface area (Å²) in [4.78, 5) is 25.8. The maximum Gasteiger partial charge on any atom is 0.408 e. The first-order valence-electron chi connectivity index (χ1n) is 12.1. The van der Waals surface area contributed by atoms with Crippen LogP contribution in [0.15, 0.2) is 35.8 Å². The van der Waals surface area contributed by atoms with Crippen LogP contribution < -0.4 is 15.4 Å². The van der Waals surface area contributed by atoms with E-state index in [1.165, 1.54) is 11.3 Å². The number of nitrogens with zero attached hydrogens (tertiary/aromatic N) is 3. The van der Waals surface area contributed by atoms with E-state index in [1.54, 1.807) is 6.20 Å². The monoisotopic (exact) mass is 511 g/mol. The van der Waals surface area contributed by atoms with Crippen molar-refractivity contribution in [3.63, 3.8) is 0 Å². The molecular weight excluding hydrogens is 474 g/mol. The van der Waals surface area contributed by atoms with Crippen LogP contribution in [0.4, 0.5) is 15.9 Å². The van der Waals surface area contributed by atoms with Gasteiger partial charge in [0.15, 0.2) is 5.13 Å². The molecule has 0 saturated heterocycles. The quantitative estimate of drug-likeness (QED) is 0.331. The van der Waals surface area contributed by atoms with Gasteiger partial charge in [-0.15, -0.1) is 11.3 Å². The number of rotatable bonds is 9. The van der Waals surface area contributed by atoms with E-state index in [2.05, 4.69) is 39.4 Å². The largest absolute Gasteiger partial charge is 0.491 e. The van der Waals surface area contributed by atoms with Crippen molar-refractivity contribution >= 4 is 28.5 Å². The van der Waals surface area contributed by atoms with Gasteiger partial charge in [0, 0.05) is 17.1 Å². The van der Waals surface area contributed by atoms with Crippen LogP contribution in [0.3, 0.4) is 0 Å². The maximum absolute atomic E-state index is 12.5. The summed E-state index contributed by atoms with van der Waals surface area (Å²) < 4.78 is 11.7. The van der Waals surface area contributed by atoms with Gasteiger partial charge >= 0.3 is 6.09 Å². The number of hydrogen-bond acceptors (Lipinski definition) is 8. The molecule has 1 amide bonds. The molecule has 0 bridgehead atoms. The minimum Gasteiger partial charge on any atom is -0.491 e. The van der Waals surface area contributed by atoms with Gasteiger partial charge in [-0.25, -0.2) is 19.7 Å². The predicted molar refractivity (Wildman–Crippen MR) is 145 cm³/mol. The summed E-state index contributed by atoms with van der Waals surface area (Å²) >= 11 is 1.51. The molecule has 0 aliphatic heterocycles. The lowest BCUT2D eigenvalue weighted by Crippen LogP contribution is -2.52. The number of amides is 1. The first-order chi connectivity index (χ1) is 16.8. The third-order valence-corrected chi connectivity index (χ3v) is 6.05. The molecule has 3 rings (SSSR count). The Labute approximate surface area is 217 Å². The molecule has 2 heterocycles. The highest BCUT2D eigenvalue weighted by molar-refractivity contribution is 7.13. The van der Waals surface area contributed by atoms with Crippen molar-refractivity contribution in [2.24, 2.45) is 5.92 Å². The van der Waals surface area contributed by atoms with Gasteiger partial charge in [-0.3, -0.25) is 0 Å². The summed E-state index contributed by atoms with van der Waals surface area (Å²) in [5.41, 5.74) is 2.54. The molecule has 36 heavy (non-hydrogen) atoms. The fourth-order valence-electron chi connectivity index (χ4n) is 3.89. The third kappa shape index (κ3) is 8.19. The highest BCUT2D eigenvalue weighted by Crippen LogP contribution is 2.28. The Kier molecular flexibility index (Phi) is 8.55. The molecule has 0 aliphatic carbocycles. The summed E-state index contributed by atoms with van der Waals surface area (Å²) in [6.07, 6.45) is 2.03. The number of thiazole rings is 1. The number of anilines is 2. The maximum atomic E-state index is 12.5. The first kappa shape index (κ1) is 27.4. The number of aromatic nitrogens is 3. The standard InChI is InChI=1S/C27H37N5O3S/c1-17(2)14-27(8,32-25(33)35-26(5,6)7)16-34-22-10-9-20(13-18(22)3)21-11-12-28-23(30-21)31-24-29-19(4)15-36-24/h9-13,15,17H,14,16H2,1-8H3,(H,32,33)(H,28,29,30,31). The molecule has 0 fully saturated rings. The fraction of sp³-hybridized carbons (Fsp3) is 0.481. The van der Waals surface area contributed by atoms with E-state index in [0.29, 0.717) is 18.5 Å². The van der Waals surface area contributed by atoms with Crippen molar-refractivity contribution in [1.82, 2.24) is 20.3 Å². The van der Waals surface area contributed by atoms with Crippen LogP contribution in [0.1, 0.15) is 59.2 Å².